The van der Waals surface area contributed by atoms with Crippen molar-refractivity contribution in [3.05, 3.63) is 45.6 Å². The molecule has 0 aliphatic carbocycles. The predicted octanol–water partition coefficient (Wildman–Crippen LogP) is 3.35. The van der Waals surface area contributed by atoms with Gasteiger partial charge in [-0.2, -0.15) is 4.98 Å². The Morgan fingerprint density at radius 1 is 1.30 bits per heavy atom. The van der Waals surface area contributed by atoms with Gasteiger partial charge in [-0.25, -0.2) is 4.98 Å². The van der Waals surface area contributed by atoms with E-state index in [1.807, 2.05) is 0 Å². The summed E-state index contributed by atoms with van der Waals surface area (Å²) in [4.78, 5) is 20.1. The largest absolute Gasteiger partial charge is 0.481 e. The number of hydrogen-bond acceptors (Lipinski definition) is 4. The highest BCUT2D eigenvalue weighted by molar-refractivity contribution is 6.32. The van der Waals surface area contributed by atoms with Gasteiger partial charge in [-0.3, -0.25) is 10.1 Å². The molecule has 1 aromatic heterocycles. The van der Waals surface area contributed by atoms with Crippen LogP contribution in [0.1, 0.15) is 15.9 Å². The molecule has 1 N–H and O–H groups in total. The van der Waals surface area contributed by atoms with Crippen LogP contribution in [0.25, 0.3) is 0 Å². The minimum atomic E-state index is -0.366. The van der Waals surface area contributed by atoms with Crippen LogP contribution in [0.5, 0.6) is 5.88 Å². The average molecular weight is 312 g/mol. The Morgan fingerprint density at radius 2 is 2.05 bits per heavy atom. The first kappa shape index (κ1) is 14.6. The van der Waals surface area contributed by atoms with E-state index in [0.717, 1.165) is 0 Å². The number of nitrogens with zero attached hydrogens (tertiary/aromatic N) is 2. The highest BCUT2D eigenvalue weighted by Gasteiger charge is 2.13. The van der Waals surface area contributed by atoms with Gasteiger partial charge in [0.15, 0.2) is 0 Å². The molecule has 1 heterocycles. The fourth-order valence-electron chi connectivity index (χ4n) is 1.58. The third-order valence-electron chi connectivity index (χ3n) is 2.62. The van der Waals surface area contributed by atoms with Gasteiger partial charge in [0.25, 0.3) is 5.91 Å². The van der Waals surface area contributed by atoms with Crippen LogP contribution in [0.3, 0.4) is 0 Å². The molecule has 0 fully saturated rings. The van der Waals surface area contributed by atoms with Crippen LogP contribution in [0.15, 0.2) is 24.3 Å². The van der Waals surface area contributed by atoms with Gasteiger partial charge < -0.3 is 4.74 Å². The van der Waals surface area contributed by atoms with Crippen molar-refractivity contribution < 1.29 is 9.53 Å². The van der Waals surface area contributed by atoms with Crippen LogP contribution in [0.2, 0.25) is 10.2 Å². The van der Waals surface area contributed by atoms with Crippen molar-refractivity contribution >= 4 is 35.1 Å². The second-order valence-corrected chi connectivity index (χ2v) is 4.72. The SMILES string of the molecule is COc1cc(Cl)nc(NC(=O)c2cccc(Cl)c2C)n1. The van der Waals surface area contributed by atoms with Crippen molar-refractivity contribution in [3.63, 3.8) is 0 Å². The summed E-state index contributed by atoms with van der Waals surface area (Å²) in [6.45, 7) is 1.76. The summed E-state index contributed by atoms with van der Waals surface area (Å²) in [5.74, 6) is -0.0313. The van der Waals surface area contributed by atoms with E-state index in [1.165, 1.54) is 13.2 Å². The molecular weight excluding hydrogens is 301 g/mol. The third-order valence-corrected chi connectivity index (χ3v) is 3.22. The average Bonchev–Trinajstić information content (AvgIpc) is 2.41. The fourth-order valence-corrected chi connectivity index (χ4v) is 1.93. The van der Waals surface area contributed by atoms with E-state index in [2.05, 4.69) is 15.3 Å². The van der Waals surface area contributed by atoms with Gasteiger partial charge in [-0.05, 0) is 24.6 Å². The van der Waals surface area contributed by atoms with E-state index >= 15 is 0 Å². The number of amides is 1. The number of benzene rings is 1. The summed E-state index contributed by atoms with van der Waals surface area (Å²) in [6.07, 6.45) is 0. The molecule has 0 bridgehead atoms. The number of aromatic nitrogens is 2. The first-order valence-electron chi connectivity index (χ1n) is 5.66. The lowest BCUT2D eigenvalue weighted by atomic mass is 10.1. The Hall–Kier alpha value is -1.85. The van der Waals surface area contributed by atoms with E-state index in [4.69, 9.17) is 27.9 Å². The maximum absolute atomic E-state index is 12.2. The van der Waals surface area contributed by atoms with Crippen LogP contribution in [0, 0.1) is 6.92 Å². The van der Waals surface area contributed by atoms with Gasteiger partial charge in [0.05, 0.1) is 7.11 Å². The number of carbonyl (C=O) groups excluding carboxylic acids is 1. The molecular formula is C13H11Cl2N3O2. The van der Waals surface area contributed by atoms with E-state index in [9.17, 15) is 4.79 Å². The molecule has 0 spiro atoms. The molecule has 1 aromatic carbocycles. The van der Waals surface area contributed by atoms with Gasteiger partial charge in [-0.15, -0.1) is 0 Å². The van der Waals surface area contributed by atoms with Crippen molar-refractivity contribution in [2.24, 2.45) is 0 Å². The molecule has 0 radical (unpaired) electrons. The predicted molar refractivity (Wildman–Crippen MR) is 77.7 cm³/mol. The van der Waals surface area contributed by atoms with Gasteiger partial charge in [0, 0.05) is 16.7 Å². The summed E-state index contributed by atoms with van der Waals surface area (Å²) in [5, 5.41) is 3.25. The van der Waals surface area contributed by atoms with Crippen LogP contribution in [-0.2, 0) is 0 Å². The molecule has 0 saturated heterocycles. The Morgan fingerprint density at radius 3 is 2.75 bits per heavy atom. The smallest absolute Gasteiger partial charge is 0.258 e. The summed E-state index contributed by atoms with van der Waals surface area (Å²) in [5.41, 5.74) is 1.13. The van der Waals surface area contributed by atoms with E-state index in [0.29, 0.717) is 16.1 Å². The summed E-state index contributed by atoms with van der Waals surface area (Å²) < 4.78 is 4.96. The molecule has 20 heavy (non-hydrogen) atoms. The first-order valence-corrected chi connectivity index (χ1v) is 6.42. The molecule has 0 aliphatic rings. The van der Waals surface area contributed by atoms with Crippen LogP contribution < -0.4 is 10.1 Å². The van der Waals surface area contributed by atoms with E-state index in [1.54, 1.807) is 25.1 Å². The summed E-state index contributed by atoms with van der Waals surface area (Å²) in [7, 11) is 1.45. The van der Waals surface area contributed by atoms with Crippen LogP contribution in [-0.4, -0.2) is 23.0 Å². The highest BCUT2D eigenvalue weighted by atomic mass is 35.5. The van der Waals surface area contributed by atoms with Crippen molar-refractivity contribution in [1.82, 2.24) is 9.97 Å². The van der Waals surface area contributed by atoms with Crippen molar-refractivity contribution in [1.29, 1.82) is 0 Å². The lowest BCUT2D eigenvalue weighted by Crippen LogP contribution is -2.15. The van der Waals surface area contributed by atoms with Gasteiger partial charge in [0.1, 0.15) is 5.15 Å². The van der Waals surface area contributed by atoms with Crippen molar-refractivity contribution in [2.45, 2.75) is 6.92 Å². The molecule has 104 valence electrons. The Labute approximate surface area is 125 Å². The summed E-state index contributed by atoms with van der Waals surface area (Å²) >= 11 is 11.8. The summed E-state index contributed by atoms with van der Waals surface area (Å²) in [6, 6.07) is 6.52. The number of hydrogen-bond donors (Lipinski definition) is 1. The normalized spacial score (nSPS) is 10.2. The minimum Gasteiger partial charge on any atom is -0.481 e. The zero-order chi connectivity index (χ0) is 14.7. The Kier molecular flexibility index (Phi) is 4.42. The maximum Gasteiger partial charge on any atom is 0.258 e. The number of methoxy groups -OCH3 is 1. The lowest BCUT2D eigenvalue weighted by Gasteiger charge is -2.08. The zero-order valence-electron chi connectivity index (χ0n) is 10.8. The molecule has 0 atom stereocenters. The number of rotatable bonds is 3. The monoisotopic (exact) mass is 311 g/mol. The second kappa shape index (κ2) is 6.07. The fraction of sp³-hybridized carbons (Fsp3) is 0.154. The standard InChI is InChI=1S/C13H11Cl2N3O2/c1-7-8(4-3-5-9(7)14)12(19)18-13-16-10(15)6-11(17-13)20-2/h3-6H,1-2H3,(H,16,17,18,19). The van der Waals surface area contributed by atoms with E-state index in [-0.39, 0.29) is 22.9 Å². The zero-order valence-corrected chi connectivity index (χ0v) is 12.3. The minimum absolute atomic E-state index is 0.0683. The molecule has 1 amide bonds. The van der Waals surface area contributed by atoms with E-state index < -0.39 is 0 Å². The number of carbonyl (C=O) groups is 1. The van der Waals surface area contributed by atoms with Gasteiger partial charge in [-0.1, -0.05) is 29.3 Å². The first-order chi connectivity index (χ1) is 9.51. The molecule has 0 saturated carbocycles. The lowest BCUT2D eigenvalue weighted by molar-refractivity contribution is 0.102. The Bertz CT molecular complexity index is 662. The number of halogens is 2. The molecule has 2 rings (SSSR count). The molecule has 0 aliphatic heterocycles. The topological polar surface area (TPSA) is 64.1 Å². The maximum atomic E-state index is 12.2. The van der Waals surface area contributed by atoms with Crippen molar-refractivity contribution in [3.8, 4) is 5.88 Å². The molecule has 7 heteroatoms. The van der Waals surface area contributed by atoms with Crippen LogP contribution in [0.4, 0.5) is 5.95 Å². The van der Waals surface area contributed by atoms with Gasteiger partial charge >= 0.3 is 0 Å². The molecule has 2 aromatic rings. The van der Waals surface area contributed by atoms with Crippen molar-refractivity contribution in [2.75, 3.05) is 12.4 Å². The van der Waals surface area contributed by atoms with Gasteiger partial charge in [0.2, 0.25) is 11.8 Å². The molecule has 5 nitrogen and oxygen atoms in total. The second-order valence-electron chi connectivity index (χ2n) is 3.92. The quantitative estimate of drug-likeness (QED) is 0.883. The Balaban J connectivity index is 2.28. The van der Waals surface area contributed by atoms with Crippen LogP contribution >= 0.6 is 23.2 Å². The molecule has 0 unspecified atom stereocenters. The number of anilines is 1. The number of nitrogens with one attached hydrogen (secondary N) is 1. The number of ether oxygens (including phenoxy) is 1. The third kappa shape index (κ3) is 3.18. The highest BCUT2D eigenvalue weighted by Crippen LogP contribution is 2.20.